The van der Waals surface area contributed by atoms with Gasteiger partial charge in [-0.3, -0.25) is 14.9 Å². The predicted molar refractivity (Wildman–Crippen MR) is 141 cm³/mol. The second-order valence-corrected chi connectivity index (χ2v) is 8.35. The predicted octanol–water partition coefficient (Wildman–Crippen LogP) is 5.16. The molecule has 0 heterocycles. The number of amides is 1. The summed E-state index contributed by atoms with van der Waals surface area (Å²) in [7, 11) is 1.55. The Morgan fingerprint density at radius 1 is 0.919 bits per heavy atom. The Morgan fingerprint density at radius 2 is 1.54 bits per heavy atom. The lowest BCUT2D eigenvalue weighted by Crippen LogP contribution is -2.42. The van der Waals surface area contributed by atoms with Gasteiger partial charge < -0.3 is 20.1 Å². The zero-order valence-electron chi connectivity index (χ0n) is 20.2. The molecule has 8 nitrogen and oxygen atoms in total. The van der Waals surface area contributed by atoms with E-state index in [0.717, 1.165) is 5.56 Å². The van der Waals surface area contributed by atoms with Crippen LogP contribution in [0.15, 0.2) is 109 Å². The number of nitro groups is 1. The molecule has 0 saturated heterocycles. The van der Waals surface area contributed by atoms with Crippen molar-refractivity contribution < 1.29 is 19.6 Å². The molecule has 1 amide bonds. The first-order valence-electron chi connectivity index (χ1n) is 11.7. The van der Waals surface area contributed by atoms with E-state index in [1.807, 2.05) is 36.4 Å². The minimum atomic E-state index is -1.23. The summed E-state index contributed by atoms with van der Waals surface area (Å²) in [5.41, 5.74) is 2.20. The first-order chi connectivity index (χ1) is 18.0. The van der Waals surface area contributed by atoms with Gasteiger partial charge in [-0.15, -0.1) is 0 Å². The van der Waals surface area contributed by atoms with Crippen LogP contribution in [0.1, 0.15) is 29.0 Å². The van der Waals surface area contributed by atoms with Gasteiger partial charge in [0.05, 0.1) is 12.0 Å². The van der Waals surface area contributed by atoms with Crippen molar-refractivity contribution in [2.24, 2.45) is 0 Å². The summed E-state index contributed by atoms with van der Waals surface area (Å²) in [5.74, 6) is 0.188. The number of hydrogen-bond acceptors (Lipinski definition) is 6. The van der Waals surface area contributed by atoms with Crippen molar-refractivity contribution in [3.8, 4) is 5.75 Å². The minimum Gasteiger partial charge on any atom is -0.497 e. The van der Waals surface area contributed by atoms with E-state index < -0.39 is 23.1 Å². The van der Waals surface area contributed by atoms with Gasteiger partial charge in [0.25, 0.3) is 5.69 Å². The van der Waals surface area contributed by atoms with Crippen molar-refractivity contribution in [2.45, 2.75) is 18.8 Å². The van der Waals surface area contributed by atoms with E-state index in [2.05, 4.69) is 5.32 Å². The standard InChI is InChI=1S/C29H27N3O5/c1-37-26-17-15-24(16-18-26)31(29(34)22-11-6-3-7-12-22)27(23-13-8-14-25(19-23)32(35)36)28(33)30-20-21-9-4-2-5-10-21/h2-19,27,29,34H,20H2,1H3,(H,30,33). The van der Waals surface area contributed by atoms with E-state index in [0.29, 0.717) is 22.6 Å². The molecule has 0 radical (unpaired) electrons. The van der Waals surface area contributed by atoms with Gasteiger partial charge in [0, 0.05) is 29.9 Å². The topological polar surface area (TPSA) is 105 Å². The van der Waals surface area contributed by atoms with Crippen LogP contribution in [0.3, 0.4) is 0 Å². The van der Waals surface area contributed by atoms with Crippen LogP contribution in [0.2, 0.25) is 0 Å². The normalized spacial score (nSPS) is 12.3. The molecule has 0 bridgehead atoms. The summed E-state index contributed by atoms with van der Waals surface area (Å²) in [4.78, 5) is 26.4. The molecule has 2 N–H and O–H groups in total. The van der Waals surface area contributed by atoms with Crippen LogP contribution in [0, 0.1) is 10.1 Å². The molecule has 0 spiro atoms. The lowest BCUT2D eigenvalue weighted by molar-refractivity contribution is -0.384. The van der Waals surface area contributed by atoms with Crippen LogP contribution in [0.4, 0.5) is 11.4 Å². The summed E-state index contributed by atoms with van der Waals surface area (Å²) in [6.07, 6.45) is -1.23. The van der Waals surface area contributed by atoms with Gasteiger partial charge in [-0.05, 0) is 35.4 Å². The highest BCUT2D eigenvalue weighted by molar-refractivity contribution is 5.87. The van der Waals surface area contributed by atoms with E-state index in [1.165, 1.54) is 18.2 Å². The maximum absolute atomic E-state index is 13.8. The molecule has 0 aliphatic rings. The molecule has 4 aromatic carbocycles. The number of benzene rings is 4. The van der Waals surface area contributed by atoms with Gasteiger partial charge in [0.2, 0.25) is 5.91 Å². The molecule has 4 rings (SSSR count). The molecule has 37 heavy (non-hydrogen) atoms. The number of ether oxygens (including phenoxy) is 1. The van der Waals surface area contributed by atoms with Gasteiger partial charge in [-0.1, -0.05) is 72.8 Å². The molecule has 188 valence electrons. The Balaban J connectivity index is 1.82. The van der Waals surface area contributed by atoms with Gasteiger partial charge >= 0.3 is 0 Å². The number of aliphatic hydroxyl groups is 1. The molecule has 0 aliphatic heterocycles. The molecule has 8 heteroatoms. The summed E-state index contributed by atoms with van der Waals surface area (Å²) in [5, 5.41) is 26.1. The van der Waals surface area contributed by atoms with Gasteiger partial charge in [-0.25, -0.2) is 0 Å². The summed E-state index contributed by atoms with van der Waals surface area (Å²) in [6.45, 7) is 0.253. The largest absolute Gasteiger partial charge is 0.497 e. The van der Waals surface area contributed by atoms with Crippen molar-refractivity contribution in [1.29, 1.82) is 0 Å². The van der Waals surface area contributed by atoms with Crippen LogP contribution < -0.4 is 15.0 Å². The van der Waals surface area contributed by atoms with E-state index in [4.69, 9.17) is 4.74 Å². The lowest BCUT2D eigenvalue weighted by Gasteiger charge is -2.37. The lowest BCUT2D eigenvalue weighted by atomic mass is 10.00. The highest BCUT2D eigenvalue weighted by Gasteiger charge is 2.34. The van der Waals surface area contributed by atoms with Crippen molar-refractivity contribution in [2.75, 3.05) is 12.0 Å². The number of nitro benzene ring substituents is 1. The molecular weight excluding hydrogens is 470 g/mol. The minimum absolute atomic E-state index is 0.151. The smallest absolute Gasteiger partial charge is 0.269 e. The van der Waals surface area contributed by atoms with E-state index in [9.17, 15) is 20.0 Å². The number of rotatable bonds is 10. The number of carbonyl (C=O) groups is 1. The Bertz CT molecular complexity index is 1330. The SMILES string of the molecule is COc1ccc(N(C(O)c2ccccc2)C(C(=O)NCc2ccccc2)c2cccc([N+](=O)[O-])c2)cc1. The fourth-order valence-corrected chi connectivity index (χ4v) is 4.10. The number of carbonyl (C=O) groups excluding carboxylic acids is 1. The van der Waals surface area contributed by atoms with Crippen molar-refractivity contribution in [3.63, 3.8) is 0 Å². The van der Waals surface area contributed by atoms with Gasteiger partial charge in [0.15, 0.2) is 6.23 Å². The Kier molecular flexibility index (Phi) is 8.12. The number of aliphatic hydroxyl groups excluding tert-OH is 1. The maximum Gasteiger partial charge on any atom is 0.269 e. The Morgan fingerprint density at radius 3 is 2.16 bits per heavy atom. The van der Waals surface area contributed by atoms with E-state index in [-0.39, 0.29) is 12.2 Å². The molecule has 0 saturated carbocycles. The molecule has 2 unspecified atom stereocenters. The van der Waals surface area contributed by atoms with Crippen molar-refractivity contribution in [1.82, 2.24) is 5.32 Å². The number of nitrogens with one attached hydrogen (secondary N) is 1. The summed E-state index contributed by atoms with van der Waals surface area (Å²) in [6, 6.07) is 30.1. The molecule has 0 aliphatic carbocycles. The first kappa shape index (κ1) is 25.4. The number of nitrogens with zero attached hydrogens (tertiary/aromatic N) is 2. The number of methoxy groups -OCH3 is 1. The van der Waals surface area contributed by atoms with Crippen LogP contribution in [-0.4, -0.2) is 23.0 Å². The van der Waals surface area contributed by atoms with E-state index >= 15 is 0 Å². The van der Waals surface area contributed by atoms with Crippen LogP contribution in [0.5, 0.6) is 5.75 Å². The second kappa shape index (κ2) is 11.8. The molecule has 4 aromatic rings. The zero-order valence-corrected chi connectivity index (χ0v) is 20.2. The monoisotopic (exact) mass is 497 g/mol. The molecule has 0 aromatic heterocycles. The molecular formula is C29H27N3O5. The first-order valence-corrected chi connectivity index (χ1v) is 11.7. The van der Waals surface area contributed by atoms with Gasteiger partial charge in [0.1, 0.15) is 11.8 Å². The quantitative estimate of drug-likeness (QED) is 0.178. The second-order valence-electron chi connectivity index (χ2n) is 8.35. The fraction of sp³-hybridized carbons (Fsp3) is 0.138. The number of anilines is 1. The summed E-state index contributed by atoms with van der Waals surface area (Å²) < 4.78 is 5.28. The third kappa shape index (κ3) is 6.12. The van der Waals surface area contributed by atoms with Crippen molar-refractivity contribution >= 4 is 17.3 Å². The average molecular weight is 498 g/mol. The highest BCUT2D eigenvalue weighted by Crippen LogP contribution is 2.36. The third-order valence-electron chi connectivity index (χ3n) is 5.96. The number of non-ortho nitro benzene ring substituents is 1. The third-order valence-corrected chi connectivity index (χ3v) is 5.96. The van der Waals surface area contributed by atoms with Crippen LogP contribution >= 0.6 is 0 Å². The highest BCUT2D eigenvalue weighted by atomic mass is 16.6. The fourth-order valence-electron chi connectivity index (χ4n) is 4.10. The Hall–Kier alpha value is -4.69. The molecule has 2 atom stereocenters. The van der Waals surface area contributed by atoms with Crippen LogP contribution in [-0.2, 0) is 11.3 Å². The van der Waals surface area contributed by atoms with Crippen molar-refractivity contribution in [3.05, 3.63) is 136 Å². The van der Waals surface area contributed by atoms with Crippen LogP contribution in [0.25, 0.3) is 0 Å². The average Bonchev–Trinajstić information content (AvgIpc) is 2.95. The number of hydrogen-bond donors (Lipinski definition) is 2. The summed E-state index contributed by atoms with van der Waals surface area (Å²) >= 11 is 0. The molecule has 0 fully saturated rings. The Labute approximate surface area is 214 Å². The van der Waals surface area contributed by atoms with E-state index in [1.54, 1.807) is 66.6 Å². The van der Waals surface area contributed by atoms with Gasteiger partial charge in [-0.2, -0.15) is 0 Å². The zero-order chi connectivity index (χ0) is 26.2. The maximum atomic E-state index is 13.8.